The van der Waals surface area contributed by atoms with E-state index in [2.05, 4.69) is 10.6 Å². The summed E-state index contributed by atoms with van der Waals surface area (Å²) < 4.78 is 32.1. The van der Waals surface area contributed by atoms with Crippen LogP contribution in [0.25, 0.3) is 0 Å². The number of nitrogens with one attached hydrogen (secondary N) is 2. The molecule has 0 bridgehead atoms. The Morgan fingerprint density at radius 1 is 1.22 bits per heavy atom. The molecule has 0 aromatic heterocycles. The molecule has 0 spiro atoms. The first-order valence-corrected chi connectivity index (χ1v) is 7.51. The van der Waals surface area contributed by atoms with Gasteiger partial charge in [-0.1, -0.05) is 6.07 Å². The lowest BCUT2D eigenvalue weighted by atomic mass is 10.1. The normalized spacial score (nSPS) is 19.3. The van der Waals surface area contributed by atoms with Crippen LogP contribution in [-0.4, -0.2) is 38.6 Å². The minimum absolute atomic E-state index is 0.0232. The highest BCUT2D eigenvalue weighted by Crippen LogP contribution is 2.49. The van der Waals surface area contributed by atoms with E-state index in [0.717, 1.165) is 0 Å². The number of hydrogen-bond acceptors (Lipinski definition) is 3. The average molecular weight is 326 g/mol. The maximum absolute atomic E-state index is 13.6. The molecule has 1 aliphatic rings. The quantitative estimate of drug-likeness (QED) is 0.709. The molecule has 1 saturated carbocycles. The number of rotatable bonds is 8. The summed E-state index contributed by atoms with van der Waals surface area (Å²) in [6, 6.07) is 3.68. The van der Waals surface area contributed by atoms with Gasteiger partial charge in [-0.25, -0.2) is 8.78 Å². The van der Waals surface area contributed by atoms with Crippen molar-refractivity contribution in [1.82, 2.24) is 10.6 Å². The minimum atomic E-state index is -0.622. The SMILES string of the molecule is COCCNC(=O)CCNC(=O)[C@H]1C[C@@H]1c1c(F)cccc1F. The van der Waals surface area contributed by atoms with Crippen molar-refractivity contribution in [3.8, 4) is 0 Å². The fraction of sp³-hybridized carbons (Fsp3) is 0.500. The highest BCUT2D eigenvalue weighted by molar-refractivity contribution is 5.83. The second-order valence-electron chi connectivity index (χ2n) is 5.47. The first kappa shape index (κ1) is 17.3. The van der Waals surface area contributed by atoms with Gasteiger partial charge in [0.1, 0.15) is 11.6 Å². The zero-order valence-electron chi connectivity index (χ0n) is 12.9. The van der Waals surface area contributed by atoms with Gasteiger partial charge in [0.05, 0.1) is 6.61 Å². The minimum Gasteiger partial charge on any atom is -0.383 e. The maximum atomic E-state index is 13.6. The molecule has 0 saturated heterocycles. The Morgan fingerprint density at radius 2 is 1.91 bits per heavy atom. The lowest BCUT2D eigenvalue weighted by Gasteiger charge is -2.07. The van der Waals surface area contributed by atoms with Crippen LogP contribution >= 0.6 is 0 Å². The van der Waals surface area contributed by atoms with Crippen LogP contribution in [0, 0.1) is 17.6 Å². The molecule has 0 aliphatic heterocycles. The fourth-order valence-electron chi connectivity index (χ4n) is 2.48. The van der Waals surface area contributed by atoms with Gasteiger partial charge in [0, 0.05) is 44.0 Å². The zero-order valence-corrected chi connectivity index (χ0v) is 12.9. The van der Waals surface area contributed by atoms with Gasteiger partial charge in [-0.15, -0.1) is 0 Å². The molecule has 1 aromatic carbocycles. The van der Waals surface area contributed by atoms with Gasteiger partial charge < -0.3 is 15.4 Å². The van der Waals surface area contributed by atoms with Gasteiger partial charge in [0.25, 0.3) is 0 Å². The first-order chi connectivity index (χ1) is 11.0. The van der Waals surface area contributed by atoms with Gasteiger partial charge >= 0.3 is 0 Å². The van der Waals surface area contributed by atoms with Gasteiger partial charge in [-0.3, -0.25) is 9.59 Å². The number of ether oxygens (including phenoxy) is 1. The number of hydrogen-bond donors (Lipinski definition) is 2. The van der Waals surface area contributed by atoms with Crippen LogP contribution in [0.15, 0.2) is 18.2 Å². The molecule has 1 aromatic rings. The van der Waals surface area contributed by atoms with Crippen LogP contribution in [0.1, 0.15) is 24.3 Å². The van der Waals surface area contributed by atoms with E-state index in [0.29, 0.717) is 19.6 Å². The van der Waals surface area contributed by atoms with Crippen LogP contribution in [-0.2, 0) is 14.3 Å². The number of carbonyl (C=O) groups is 2. The molecule has 2 rings (SSSR count). The Labute approximate surface area is 133 Å². The van der Waals surface area contributed by atoms with E-state index in [1.165, 1.54) is 25.3 Å². The number of methoxy groups -OCH3 is 1. The van der Waals surface area contributed by atoms with Gasteiger partial charge in [-0.2, -0.15) is 0 Å². The molecule has 5 nitrogen and oxygen atoms in total. The van der Waals surface area contributed by atoms with E-state index >= 15 is 0 Å². The zero-order chi connectivity index (χ0) is 16.8. The summed E-state index contributed by atoms with van der Waals surface area (Å²) in [5.74, 6) is -2.56. The van der Waals surface area contributed by atoms with Crippen LogP contribution in [0.2, 0.25) is 0 Å². The maximum Gasteiger partial charge on any atom is 0.223 e. The van der Waals surface area contributed by atoms with Crippen LogP contribution in [0.3, 0.4) is 0 Å². The Bertz CT molecular complexity index is 560. The van der Waals surface area contributed by atoms with Crippen molar-refractivity contribution in [3.63, 3.8) is 0 Å². The van der Waals surface area contributed by atoms with E-state index in [1.54, 1.807) is 0 Å². The second kappa shape index (κ2) is 8.01. The predicted octanol–water partition coefficient (Wildman–Crippen LogP) is 1.34. The summed E-state index contributed by atoms with van der Waals surface area (Å²) in [5, 5.41) is 5.27. The van der Waals surface area contributed by atoms with E-state index in [-0.39, 0.29) is 30.3 Å². The molecule has 0 unspecified atom stereocenters. The van der Waals surface area contributed by atoms with Crippen LogP contribution in [0.4, 0.5) is 8.78 Å². The number of amides is 2. The van der Waals surface area contributed by atoms with Crippen molar-refractivity contribution < 1.29 is 23.1 Å². The number of halogens is 2. The monoisotopic (exact) mass is 326 g/mol. The Kier molecular flexibility index (Phi) is 6.04. The molecule has 126 valence electrons. The third-order valence-corrected chi connectivity index (χ3v) is 3.78. The molecule has 1 aliphatic carbocycles. The largest absolute Gasteiger partial charge is 0.383 e. The smallest absolute Gasteiger partial charge is 0.223 e. The third-order valence-electron chi connectivity index (χ3n) is 3.78. The molecule has 1 fully saturated rings. The average Bonchev–Trinajstić information content (AvgIpc) is 3.27. The summed E-state index contributed by atoms with van der Waals surface area (Å²) in [5.41, 5.74) is -0.0232. The predicted molar refractivity (Wildman–Crippen MR) is 79.7 cm³/mol. The Morgan fingerprint density at radius 3 is 2.57 bits per heavy atom. The summed E-state index contributed by atoms with van der Waals surface area (Å²) in [4.78, 5) is 23.4. The lowest BCUT2D eigenvalue weighted by Crippen LogP contribution is -2.33. The standard InChI is InChI=1S/C16H20F2N2O3/c1-23-8-7-19-14(21)5-6-20-16(22)11-9-10(11)15-12(17)3-2-4-13(15)18/h2-4,10-11H,5-9H2,1H3,(H,19,21)(H,20,22)/t10-,11-/m0/s1. The number of carbonyl (C=O) groups excluding carboxylic acids is 2. The Hall–Kier alpha value is -2.02. The van der Waals surface area contributed by atoms with Gasteiger partial charge in [0.2, 0.25) is 11.8 Å². The van der Waals surface area contributed by atoms with Crippen molar-refractivity contribution in [2.45, 2.75) is 18.8 Å². The Balaban J connectivity index is 1.73. The van der Waals surface area contributed by atoms with E-state index in [4.69, 9.17) is 4.74 Å². The molecule has 2 amide bonds. The van der Waals surface area contributed by atoms with E-state index < -0.39 is 23.5 Å². The van der Waals surface area contributed by atoms with Crippen molar-refractivity contribution in [2.24, 2.45) is 5.92 Å². The molecule has 0 radical (unpaired) electrons. The molecule has 23 heavy (non-hydrogen) atoms. The van der Waals surface area contributed by atoms with Gasteiger partial charge in [0.15, 0.2) is 0 Å². The van der Waals surface area contributed by atoms with E-state index in [1.807, 2.05) is 0 Å². The topological polar surface area (TPSA) is 67.4 Å². The van der Waals surface area contributed by atoms with Gasteiger partial charge in [-0.05, 0) is 18.6 Å². The first-order valence-electron chi connectivity index (χ1n) is 7.51. The molecule has 0 heterocycles. The van der Waals surface area contributed by atoms with Crippen molar-refractivity contribution in [3.05, 3.63) is 35.4 Å². The molecule has 2 atom stereocenters. The highest BCUT2D eigenvalue weighted by atomic mass is 19.1. The molecule has 2 N–H and O–H groups in total. The fourth-order valence-corrected chi connectivity index (χ4v) is 2.48. The van der Waals surface area contributed by atoms with E-state index in [9.17, 15) is 18.4 Å². The molecular formula is C16H20F2N2O3. The summed E-state index contributed by atoms with van der Waals surface area (Å²) in [6.45, 7) is 1.04. The second-order valence-corrected chi connectivity index (χ2v) is 5.47. The van der Waals surface area contributed by atoms with Crippen LogP contribution in [0.5, 0.6) is 0 Å². The molecule has 7 heteroatoms. The number of benzene rings is 1. The summed E-state index contributed by atoms with van der Waals surface area (Å²) in [7, 11) is 1.54. The molecular weight excluding hydrogens is 306 g/mol. The third kappa shape index (κ3) is 4.72. The van der Waals surface area contributed by atoms with Crippen LogP contribution < -0.4 is 10.6 Å². The lowest BCUT2D eigenvalue weighted by molar-refractivity contribution is -0.123. The summed E-state index contributed by atoms with van der Waals surface area (Å²) in [6.07, 6.45) is 0.574. The van der Waals surface area contributed by atoms with Crippen molar-refractivity contribution in [1.29, 1.82) is 0 Å². The van der Waals surface area contributed by atoms with Crippen molar-refractivity contribution >= 4 is 11.8 Å². The summed E-state index contributed by atoms with van der Waals surface area (Å²) >= 11 is 0. The van der Waals surface area contributed by atoms with Crippen molar-refractivity contribution in [2.75, 3.05) is 26.8 Å². The highest BCUT2D eigenvalue weighted by Gasteiger charge is 2.46.